The first kappa shape index (κ1) is 14.1. The van der Waals surface area contributed by atoms with E-state index in [1.807, 2.05) is 18.2 Å². The predicted molar refractivity (Wildman–Crippen MR) is 67.5 cm³/mol. The molecule has 0 spiro atoms. The third-order valence-corrected chi connectivity index (χ3v) is 2.34. The summed E-state index contributed by atoms with van der Waals surface area (Å²) >= 11 is 0. The average molecular weight is 283 g/mol. The number of anilines is 1. The fourth-order valence-corrected chi connectivity index (χ4v) is 1.45. The number of nitrogens with one attached hydrogen (secondary N) is 1. The lowest BCUT2D eigenvalue weighted by molar-refractivity contribution is -0.141. The molecule has 1 heterocycles. The molecule has 1 aromatic heterocycles. The Bertz CT molecular complexity index is 546. The molecule has 1 N–H and O–H groups in total. The van der Waals surface area contributed by atoms with Gasteiger partial charge in [0.2, 0.25) is 5.95 Å². The molecule has 0 unspecified atom stereocenters. The lowest BCUT2D eigenvalue weighted by Crippen LogP contribution is -2.15. The summed E-state index contributed by atoms with van der Waals surface area (Å²) in [4.78, 5) is 7.11. The molecule has 7 heteroatoms. The molecule has 106 valence electrons. The van der Waals surface area contributed by atoms with Crippen LogP contribution in [0.3, 0.4) is 0 Å². The SMILES string of the molecule is FC(F)(F)c1ccnc(NCCOc2ccccc2)n1. The molecule has 4 nitrogen and oxygen atoms in total. The van der Waals surface area contributed by atoms with Crippen LogP contribution < -0.4 is 10.1 Å². The summed E-state index contributed by atoms with van der Waals surface area (Å²) in [7, 11) is 0. The Morgan fingerprint density at radius 1 is 1.10 bits per heavy atom. The topological polar surface area (TPSA) is 47.0 Å². The van der Waals surface area contributed by atoms with Crippen LogP contribution in [-0.2, 0) is 6.18 Å². The molecule has 2 aromatic rings. The van der Waals surface area contributed by atoms with Crippen LogP contribution >= 0.6 is 0 Å². The van der Waals surface area contributed by atoms with Gasteiger partial charge in [-0.05, 0) is 18.2 Å². The van der Waals surface area contributed by atoms with Gasteiger partial charge in [0.1, 0.15) is 18.1 Å². The Morgan fingerprint density at radius 3 is 2.55 bits per heavy atom. The molecule has 0 atom stereocenters. The van der Waals surface area contributed by atoms with Crippen molar-refractivity contribution >= 4 is 5.95 Å². The maximum Gasteiger partial charge on any atom is 0.433 e. The van der Waals surface area contributed by atoms with E-state index in [1.165, 1.54) is 0 Å². The van der Waals surface area contributed by atoms with E-state index in [1.54, 1.807) is 12.1 Å². The molecule has 20 heavy (non-hydrogen) atoms. The molecular weight excluding hydrogens is 271 g/mol. The Labute approximate surface area is 113 Å². The van der Waals surface area contributed by atoms with E-state index >= 15 is 0 Å². The number of aromatic nitrogens is 2. The summed E-state index contributed by atoms with van der Waals surface area (Å²) in [6.07, 6.45) is -3.41. The molecule has 0 aliphatic heterocycles. The zero-order chi connectivity index (χ0) is 14.4. The molecule has 0 saturated carbocycles. The van der Waals surface area contributed by atoms with Gasteiger partial charge in [-0.25, -0.2) is 9.97 Å². The Hall–Kier alpha value is -2.31. The number of hydrogen-bond acceptors (Lipinski definition) is 4. The van der Waals surface area contributed by atoms with Crippen LogP contribution in [0.2, 0.25) is 0 Å². The summed E-state index contributed by atoms with van der Waals surface area (Å²) in [5.74, 6) is 0.621. The predicted octanol–water partition coefficient (Wildman–Crippen LogP) is 2.99. The molecule has 0 fully saturated rings. The van der Waals surface area contributed by atoms with Crippen molar-refractivity contribution in [2.24, 2.45) is 0 Å². The van der Waals surface area contributed by atoms with Crippen molar-refractivity contribution in [2.45, 2.75) is 6.18 Å². The first-order valence-corrected chi connectivity index (χ1v) is 5.88. The fourth-order valence-electron chi connectivity index (χ4n) is 1.45. The van der Waals surface area contributed by atoms with Gasteiger partial charge in [-0.15, -0.1) is 0 Å². The lowest BCUT2D eigenvalue weighted by atomic mass is 10.3. The second-order valence-electron chi connectivity index (χ2n) is 3.85. The van der Waals surface area contributed by atoms with Crippen LogP contribution in [0.5, 0.6) is 5.75 Å². The van der Waals surface area contributed by atoms with E-state index in [4.69, 9.17) is 4.74 Å². The highest BCUT2D eigenvalue weighted by molar-refractivity contribution is 5.26. The molecule has 0 radical (unpaired) electrons. The highest BCUT2D eigenvalue weighted by Gasteiger charge is 2.32. The van der Waals surface area contributed by atoms with Crippen LogP contribution in [0.1, 0.15) is 5.69 Å². The average Bonchev–Trinajstić information content (AvgIpc) is 2.44. The van der Waals surface area contributed by atoms with E-state index in [2.05, 4.69) is 15.3 Å². The summed E-state index contributed by atoms with van der Waals surface area (Å²) in [6, 6.07) is 9.94. The van der Waals surface area contributed by atoms with Crippen molar-refractivity contribution in [3.63, 3.8) is 0 Å². The standard InChI is InChI=1S/C13H12F3N3O/c14-13(15,16)11-6-7-17-12(19-11)18-8-9-20-10-4-2-1-3-5-10/h1-7H,8-9H2,(H,17,18,19). The molecule has 0 aliphatic rings. The van der Waals surface area contributed by atoms with Gasteiger partial charge in [-0.3, -0.25) is 0 Å². The summed E-state index contributed by atoms with van der Waals surface area (Å²) in [5.41, 5.74) is -0.973. The molecular formula is C13H12F3N3O. The van der Waals surface area contributed by atoms with Gasteiger partial charge in [0.05, 0.1) is 6.54 Å². The van der Waals surface area contributed by atoms with Gasteiger partial charge < -0.3 is 10.1 Å². The minimum atomic E-state index is -4.47. The number of rotatable bonds is 5. The number of alkyl halides is 3. The van der Waals surface area contributed by atoms with E-state index in [-0.39, 0.29) is 5.95 Å². The fraction of sp³-hybridized carbons (Fsp3) is 0.231. The van der Waals surface area contributed by atoms with Crippen molar-refractivity contribution in [3.05, 3.63) is 48.3 Å². The molecule has 0 saturated heterocycles. The summed E-state index contributed by atoms with van der Waals surface area (Å²) in [6.45, 7) is 0.597. The van der Waals surface area contributed by atoms with E-state index in [0.29, 0.717) is 18.9 Å². The highest BCUT2D eigenvalue weighted by atomic mass is 19.4. The van der Waals surface area contributed by atoms with Crippen LogP contribution in [0.4, 0.5) is 19.1 Å². The molecule has 1 aromatic carbocycles. The van der Waals surface area contributed by atoms with E-state index in [9.17, 15) is 13.2 Å². The molecule has 0 aliphatic carbocycles. The van der Waals surface area contributed by atoms with Crippen molar-refractivity contribution in [2.75, 3.05) is 18.5 Å². The van der Waals surface area contributed by atoms with Crippen molar-refractivity contribution < 1.29 is 17.9 Å². The minimum Gasteiger partial charge on any atom is -0.492 e. The normalized spacial score (nSPS) is 11.2. The van der Waals surface area contributed by atoms with Crippen LogP contribution in [0.25, 0.3) is 0 Å². The lowest BCUT2D eigenvalue weighted by Gasteiger charge is -2.09. The Kier molecular flexibility index (Phi) is 4.39. The largest absolute Gasteiger partial charge is 0.492 e. The van der Waals surface area contributed by atoms with Gasteiger partial charge in [0, 0.05) is 6.20 Å². The zero-order valence-corrected chi connectivity index (χ0v) is 10.4. The second kappa shape index (κ2) is 6.23. The molecule has 2 rings (SSSR count). The van der Waals surface area contributed by atoms with Crippen LogP contribution in [-0.4, -0.2) is 23.1 Å². The summed E-state index contributed by atoms with van der Waals surface area (Å²) < 4.78 is 42.7. The molecule has 0 amide bonds. The van der Waals surface area contributed by atoms with Crippen molar-refractivity contribution in [1.82, 2.24) is 9.97 Å². The Morgan fingerprint density at radius 2 is 1.85 bits per heavy atom. The Balaban J connectivity index is 1.83. The quantitative estimate of drug-likeness (QED) is 0.857. The maximum absolute atomic E-state index is 12.4. The van der Waals surface area contributed by atoms with E-state index in [0.717, 1.165) is 12.3 Å². The van der Waals surface area contributed by atoms with Crippen molar-refractivity contribution in [1.29, 1.82) is 0 Å². The number of para-hydroxylation sites is 1. The third-order valence-electron chi connectivity index (χ3n) is 2.34. The third kappa shape index (κ3) is 4.11. The zero-order valence-electron chi connectivity index (χ0n) is 10.4. The number of ether oxygens (including phenoxy) is 1. The molecule has 0 bridgehead atoms. The number of halogens is 3. The summed E-state index contributed by atoms with van der Waals surface area (Å²) in [5, 5.41) is 2.68. The second-order valence-corrected chi connectivity index (χ2v) is 3.85. The number of nitrogens with zero attached hydrogens (tertiary/aromatic N) is 2. The first-order valence-electron chi connectivity index (χ1n) is 5.88. The van der Waals surface area contributed by atoms with Crippen LogP contribution in [0.15, 0.2) is 42.6 Å². The first-order chi connectivity index (χ1) is 9.55. The monoisotopic (exact) mass is 283 g/mol. The maximum atomic E-state index is 12.4. The van der Waals surface area contributed by atoms with E-state index < -0.39 is 11.9 Å². The van der Waals surface area contributed by atoms with Crippen LogP contribution in [0, 0.1) is 0 Å². The smallest absolute Gasteiger partial charge is 0.433 e. The van der Waals surface area contributed by atoms with Gasteiger partial charge in [-0.1, -0.05) is 18.2 Å². The number of benzene rings is 1. The van der Waals surface area contributed by atoms with Gasteiger partial charge in [0.15, 0.2) is 0 Å². The van der Waals surface area contributed by atoms with Crippen molar-refractivity contribution in [3.8, 4) is 5.75 Å². The van der Waals surface area contributed by atoms with Gasteiger partial charge >= 0.3 is 6.18 Å². The highest BCUT2D eigenvalue weighted by Crippen LogP contribution is 2.27. The minimum absolute atomic E-state index is 0.0727. The van der Waals surface area contributed by atoms with Gasteiger partial charge in [0.25, 0.3) is 0 Å². The number of hydrogen-bond donors (Lipinski definition) is 1. The van der Waals surface area contributed by atoms with Gasteiger partial charge in [-0.2, -0.15) is 13.2 Å².